The summed E-state index contributed by atoms with van der Waals surface area (Å²) in [4.78, 5) is 12.3. The molecular weight excluding hydrogens is 442 g/mol. The molecular formula is C22H14F6O4. The normalized spacial score (nSPS) is 11.3. The van der Waals surface area contributed by atoms with Gasteiger partial charge in [0.2, 0.25) is 0 Å². The summed E-state index contributed by atoms with van der Waals surface area (Å²) in [5.41, 5.74) is -0.960. The maximum absolute atomic E-state index is 14.4. The standard InChI is InChI=1S/C22H14F6O4/c1-2-7-30-14-9-16(23)19(17(24)10-14)21(29)32-13-4-5-15-12(8-13)3-6-18(20(15)25)31-11-22(26,27)28/h2-6,8-10H,1,7,11H2. The van der Waals surface area contributed by atoms with E-state index in [1.807, 2.05) is 0 Å². The Bertz CT molecular complexity index is 1150. The molecule has 0 bridgehead atoms. The predicted octanol–water partition coefficient (Wildman–Crippen LogP) is 5.98. The summed E-state index contributed by atoms with van der Waals surface area (Å²) < 4.78 is 94.1. The first-order chi connectivity index (χ1) is 15.1. The average molecular weight is 456 g/mol. The number of carbonyl (C=O) groups is 1. The van der Waals surface area contributed by atoms with E-state index < -0.39 is 47.5 Å². The first kappa shape index (κ1) is 23.0. The molecule has 0 aliphatic carbocycles. The van der Waals surface area contributed by atoms with Crippen LogP contribution in [0.2, 0.25) is 0 Å². The summed E-state index contributed by atoms with van der Waals surface area (Å²) in [6.07, 6.45) is -3.27. The fraction of sp³-hybridized carbons (Fsp3) is 0.136. The quantitative estimate of drug-likeness (QED) is 0.190. The van der Waals surface area contributed by atoms with Crippen molar-refractivity contribution in [2.75, 3.05) is 13.2 Å². The average Bonchev–Trinajstić information content (AvgIpc) is 2.70. The lowest BCUT2D eigenvalue weighted by Gasteiger charge is -2.12. The van der Waals surface area contributed by atoms with E-state index in [9.17, 15) is 31.1 Å². The third-order valence-corrected chi connectivity index (χ3v) is 4.08. The minimum Gasteiger partial charge on any atom is -0.489 e. The highest BCUT2D eigenvalue weighted by Crippen LogP contribution is 2.31. The van der Waals surface area contributed by atoms with Crippen LogP contribution in [-0.4, -0.2) is 25.4 Å². The highest BCUT2D eigenvalue weighted by atomic mass is 19.4. The van der Waals surface area contributed by atoms with Crippen LogP contribution >= 0.6 is 0 Å². The lowest BCUT2D eigenvalue weighted by atomic mass is 10.1. The Morgan fingerprint density at radius 3 is 2.25 bits per heavy atom. The van der Waals surface area contributed by atoms with E-state index in [2.05, 4.69) is 11.3 Å². The van der Waals surface area contributed by atoms with E-state index in [1.54, 1.807) is 0 Å². The van der Waals surface area contributed by atoms with Crippen LogP contribution in [0, 0.1) is 17.5 Å². The Balaban J connectivity index is 1.82. The molecule has 0 saturated heterocycles. The molecule has 10 heteroatoms. The first-order valence-electron chi connectivity index (χ1n) is 8.96. The van der Waals surface area contributed by atoms with E-state index in [0.29, 0.717) is 0 Å². The Kier molecular flexibility index (Phi) is 6.61. The number of esters is 1. The molecule has 3 aromatic rings. The molecule has 0 radical (unpaired) electrons. The molecule has 0 N–H and O–H groups in total. The monoisotopic (exact) mass is 456 g/mol. The van der Waals surface area contributed by atoms with Gasteiger partial charge in [0.1, 0.15) is 35.3 Å². The molecule has 168 valence electrons. The molecule has 3 aromatic carbocycles. The predicted molar refractivity (Wildman–Crippen MR) is 102 cm³/mol. The Morgan fingerprint density at radius 2 is 1.62 bits per heavy atom. The Morgan fingerprint density at radius 1 is 0.938 bits per heavy atom. The zero-order chi connectivity index (χ0) is 23.5. The van der Waals surface area contributed by atoms with E-state index in [4.69, 9.17) is 9.47 Å². The second-order valence-electron chi connectivity index (χ2n) is 6.42. The van der Waals surface area contributed by atoms with Gasteiger partial charge >= 0.3 is 12.1 Å². The van der Waals surface area contributed by atoms with Crippen molar-refractivity contribution in [2.45, 2.75) is 6.18 Å². The maximum Gasteiger partial charge on any atom is 0.422 e. The van der Waals surface area contributed by atoms with Gasteiger partial charge in [-0.05, 0) is 29.7 Å². The second-order valence-corrected chi connectivity index (χ2v) is 6.42. The smallest absolute Gasteiger partial charge is 0.422 e. The number of benzene rings is 3. The summed E-state index contributed by atoms with van der Waals surface area (Å²) in [5.74, 6) is -5.75. The molecule has 4 nitrogen and oxygen atoms in total. The number of rotatable bonds is 7. The van der Waals surface area contributed by atoms with Crippen molar-refractivity contribution in [3.8, 4) is 17.2 Å². The van der Waals surface area contributed by atoms with Crippen LogP contribution in [0.15, 0.2) is 55.1 Å². The van der Waals surface area contributed by atoms with Crippen molar-refractivity contribution in [3.63, 3.8) is 0 Å². The molecule has 0 spiro atoms. The third kappa shape index (κ3) is 5.32. The van der Waals surface area contributed by atoms with Crippen molar-refractivity contribution in [1.82, 2.24) is 0 Å². The number of halogens is 6. The second kappa shape index (κ2) is 9.21. The van der Waals surface area contributed by atoms with Crippen LogP contribution in [0.5, 0.6) is 17.2 Å². The van der Waals surface area contributed by atoms with Gasteiger partial charge in [0.05, 0.1) is 0 Å². The highest BCUT2D eigenvalue weighted by Gasteiger charge is 2.29. The number of alkyl halides is 3. The van der Waals surface area contributed by atoms with Gasteiger partial charge in [0.25, 0.3) is 0 Å². The van der Waals surface area contributed by atoms with Crippen LogP contribution < -0.4 is 14.2 Å². The van der Waals surface area contributed by atoms with Crippen LogP contribution in [0.3, 0.4) is 0 Å². The molecule has 0 aliphatic rings. The third-order valence-electron chi connectivity index (χ3n) is 4.08. The number of ether oxygens (including phenoxy) is 3. The molecule has 0 saturated carbocycles. The lowest BCUT2D eigenvalue weighted by molar-refractivity contribution is -0.153. The minimum absolute atomic E-state index is 0.000712. The Hall–Kier alpha value is -3.69. The lowest BCUT2D eigenvalue weighted by Crippen LogP contribution is -2.19. The first-order valence-corrected chi connectivity index (χ1v) is 8.96. The van der Waals surface area contributed by atoms with Crippen molar-refractivity contribution >= 4 is 16.7 Å². The summed E-state index contributed by atoms with van der Waals surface area (Å²) in [7, 11) is 0. The van der Waals surface area contributed by atoms with Gasteiger partial charge in [0.15, 0.2) is 18.2 Å². The van der Waals surface area contributed by atoms with E-state index in [0.717, 1.165) is 30.3 Å². The molecule has 32 heavy (non-hydrogen) atoms. The SMILES string of the molecule is C=CCOc1cc(F)c(C(=O)Oc2ccc3c(F)c(OCC(F)(F)F)ccc3c2)c(F)c1. The molecule has 0 atom stereocenters. The van der Waals surface area contributed by atoms with Crippen LogP contribution in [-0.2, 0) is 0 Å². The van der Waals surface area contributed by atoms with Gasteiger partial charge in [-0.1, -0.05) is 18.7 Å². The number of hydrogen-bond acceptors (Lipinski definition) is 4. The van der Waals surface area contributed by atoms with Crippen molar-refractivity contribution in [1.29, 1.82) is 0 Å². The van der Waals surface area contributed by atoms with E-state index in [-0.39, 0.29) is 28.9 Å². The zero-order valence-corrected chi connectivity index (χ0v) is 16.1. The molecule has 0 aliphatic heterocycles. The van der Waals surface area contributed by atoms with Crippen molar-refractivity contribution in [2.24, 2.45) is 0 Å². The Labute approximate surface area is 177 Å². The van der Waals surface area contributed by atoms with Gasteiger partial charge in [-0.3, -0.25) is 0 Å². The molecule has 0 fully saturated rings. The number of hydrogen-bond donors (Lipinski definition) is 0. The van der Waals surface area contributed by atoms with Crippen LogP contribution in [0.1, 0.15) is 10.4 Å². The molecule has 0 heterocycles. The fourth-order valence-corrected chi connectivity index (χ4v) is 2.73. The van der Waals surface area contributed by atoms with Gasteiger partial charge in [-0.2, -0.15) is 13.2 Å². The summed E-state index contributed by atoms with van der Waals surface area (Å²) in [6, 6.07) is 7.27. The zero-order valence-electron chi connectivity index (χ0n) is 16.1. The molecule has 0 amide bonds. The van der Waals surface area contributed by atoms with Crippen molar-refractivity contribution in [3.05, 3.63) is 78.1 Å². The number of fused-ring (bicyclic) bond motifs is 1. The van der Waals surface area contributed by atoms with Gasteiger partial charge < -0.3 is 14.2 Å². The van der Waals surface area contributed by atoms with E-state index in [1.165, 1.54) is 18.2 Å². The summed E-state index contributed by atoms with van der Waals surface area (Å²) in [5, 5.41) is 0.0480. The van der Waals surface area contributed by atoms with E-state index >= 15 is 0 Å². The maximum atomic E-state index is 14.4. The summed E-state index contributed by atoms with van der Waals surface area (Å²) in [6.45, 7) is 1.73. The van der Waals surface area contributed by atoms with Crippen LogP contribution in [0.25, 0.3) is 10.8 Å². The van der Waals surface area contributed by atoms with Gasteiger partial charge in [-0.15, -0.1) is 0 Å². The van der Waals surface area contributed by atoms with Gasteiger partial charge in [-0.25, -0.2) is 18.0 Å². The molecule has 0 aromatic heterocycles. The summed E-state index contributed by atoms with van der Waals surface area (Å²) >= 11 is 0. The largest absolute Gasteiger partial charge is 0.489 e. The van der Waals surface area contributed by atoms with Gasteiger partial charge in [0, 0.05) is 17.5 Å². The number of carbonyl (C=O) groups excluding carboxylic acids is 1. The topological polar surface area (TPSA) is 44.8 Å². The highest BCUT2D eigenvalue weighted by molar-refractivity contribution is 5.93. The van der Waals surface area contributed by atoms with Crippen LogP contribution in [0.4, 0.5) is 26.3 Å². The fourth-order valence-electron chi connectivity index (χ4n) is 2.73. The molecule has 0 unspecified atom stereocenters. The minimum atomic E-state index is -4.64. The molecule has 3 rings (SSSR count). The van der Waals surface area contributed by atoms with Crippen molar-refractivity contribution < 1.29 is 45.3 Å².